The van der Waals surface area contributed by atoms with E-state index in [4.69, 9.17) is 11.6 Å². The van der Waals surface area contributed by atoms with E-state index in [1.807, 2.05) is 24.3 Å². The number of anilines is 1. The van der Waals surface area contributed by atoms with E-state index in [0.29, 0.717) is 0 Å². The SMILES string of the molecule is Fc1ccc(NCCSc2ccc(Cl)cc2)cc1. The van der Waals surface area contributed by atoms with Gasteiger partial charge in [-0.25, -0.2) is 4.39 Å². The minimum Gasteiger partial charge on any atom is -0.384 e. The second-order valence-electron chi connectivity index (χ2n) is 3.74. The maximum absolute atomic E-state index is 12.7. The molecule has 0 radical (unpaired) electrons. The van der Waals surface area contributed by atoms with Gasteiger partial charge in [0.2, 0.25) is 0 Å². The summed E-state index contributed by atoms with van der Waals surface area (Å²) in [6.45, 7) is 0.832. The molecule has 94 valence electrons. The Morgan fingerprint density at radius 1 is 1.00 bits per heavy atom. The number of rotatable bonds is 5. The normalized spacial score (nSPS) is 10.3. The first-order valence-electron chi connectivity index (χ1n) is 5.62. The average Bonchev–Trinajstić information content (AvgIpc) is 2.39. The lowest BCUT2D eigenvalue weighted by Crippen LogP contribution is -2.03. The predicted molar refractivity (Wildman–Crippen MR) is 77.1 cm³/mol. The Morgan fingerprint density at radius 2 is 1.67 bits per heavy atom. The molecule has 0 spiro atoms. The molecule has 0 saturated heterocycles. The van der Waals surface area contributed by atoms with Gasteiger partial charge in [0.1, 0.15) is 5.82 Å². The third kappa shape index (κ3) is 4.24. The highest BCUT2D eigenvalue weighted by molar-refractivity contribution is 7.99. The highest BCUT2D eigenvalue weighted by atomic mass is 35.5. The lowest BCUT2D eigenvalue weighted by Gasteiger charge is -2.06. The fourth-order valence-corrected chi connectivity index (χ4v) is 2.36. The van der Waals surface area contributed by atoms with Gasteiger partial charge in [-0.15, -0.1) is 11.8 Å². The Hall–Kier alpha value is -1.19. The number of halogens is 2. The summed E-state index contributed by atoms with van der Waals surface area (Å²) < 4.78 is 12.7. The third-order valence-corrected chi connectivity index (χ3v) is 3.62. The molecule has 0 aliphatic carbocycles. The van der Waals surface area contributed by atoms with Crippen molar-refractivity contribution in [2.75, 3.05) is 17.6 Å². The number of benzene rings is 2. The van der Waals surface area contributed by atoms with Crippen molar-refractivity contribution < 1.29 is 4.39 Å². The lowest BCUT2D eigenvalue weighted by atomic mass is 10.3. The topological polar surface area (TPSA) is 12.0 Å². The minimum absolute atomic E-state index is 0.212. The van der Waals surface area contributed by atoms with Crippen molar-refractivity contribution in [1.82, 2.24) is 0 Å². The summed E-state index contributed by atoms with van der Waals surface area (Å²) in [6, 6.07) is 14.2. The second kappa shape index (κ2) is 6.66. The van der Waals surface area contributed by atoms with Crippen LogP contribution in [0.1, 0.15) is 0 Å². The first-order valence-corrected chi connectivity index (χ1v) is 6.98. The molecule has 0 fully saturated rings. The second-order valence-corrected chi connectivity index (χ2v) is 5.34. The Labute approximate surface area is 115 Å². The maximum atomic E-state index is 12.7. The summed E-state index contributed by atoms with van der Waals surface area (Å²) in [5.41, 5.74) is 0.938. The molecule has 0 aliphatic heterocycles. The van der Waals surface area contributed by atoms with E-state index >= 15 is 0 Å². The molecule has 0 bridgehead atoms. The van der Waals surface area contributed by atoms with Gasteiger partial charge in [0.25, 0.3) is 0 Å². The zero-order valence-electron chi connectivity index (χ0n) is 9.70. The highest BCUT2D eigenvalue weighted by Crippen LogP contribution is 2.20. The van der Waals surface area contributed by atoms with Crippen LogP contribution in [-0.4, -0.2) is 12.3 Å². The lowest BCUT2D eigenvalue weighted by molar-refractivity contribution is 0.628. The van der Waals surface area contributed by atoms with Crippen LogP contribution in [-0.2, 0) is 0 Å². The Kier molecular flexibility index (Phi) is 4.90. The fourth-order valence-electron chi connectivity index (χ4n) is 1.46. The molecular weight excluding hydrogens is 269 g/mol. The van der Waals surface area contributed by atoms with Gasteiger partial charge in [-0.3, -0.25) is 0 Å². The Bertz CT molecular complexity index is 437. The van der Waals surface area contributed by atoms with Crippen molar-refractivity contribution in [1.29, 1.82) is 0 Å². The average molecular weight is 282 g/mol. The van der Waals surface area contributed by atoms with E-state index in [2.05, 4.69) is 5.32 Å². The van der Waals surface area contributed by atoms with Crippen molar-refractivity contribution in [3.8, 4) is 0 Å². The van der Waals surface area contributed by atoms with Crippen LogP contribution in [0, 0.1) is 5.82 Å². The molecule has 4 heteroatoms. The Morgan fingerprint density at radius 3 is 2.33 bits per heavy atom. The summed E-state index contributed by atoms with van der Waals surface area (Å²) in [7, 11) is 0. The van der Waals surface area contributed by atoms with Gasteiger partial charge in [-0.05, 0) is 48.5 Å². The maximum Gasteiger partial charge on any atom is 0.123 e. The van der Waals surface area contributed by atoms with E-state index in [0.717, 1.165) is 23.0 Å². The molecule has 1 nitrogen and oxygen atoms in total. The van der Waals surface area contributed by atoms with Crippen LogP contribution in [0.15, 0.2) is 53.4 Å². The molecule has 0 aliphatic rings. The molecule has 2 rings (SSSR count). The van der Waals surface area contributed by atoms with Gasteiger partial charge >= 0.3 is 0 Å². The van der Waals surface area contributed by atoms with E-state index in [-0.39, 0.29) is 5.82 Å². The van der Waals surface area contributed by atoms with Crippen molar-refractivity contribution in [3.05, 3.63) is 59.4 Å². The zero-order chi connectivity index (χ0) is 12.8. The molecule has 2 aromatic rings. The summed E-state index contributed by atoms with van der Waals surface area (Å²) in [5, 5.41) is 3.99. The summed E-state index contributed by atoms with van der Waals surface area (Å²) in [6.07, 6.45) is 0. The van der Waals surface area contributed by atoms with Crippen molar-refractivity contribution >= 4 is 29.1 Å². The van der Waals surface area contributed by atoms with Crippen molar-refractivity contribution in [2.24, 2.45) is 0 Å². The standard InChI is InChI=1S/C14H13ClFNS/c15-11-1-7-14(8-2-11)18-10-9-17-13-5-3-12(16)4-6-13/h1-8,17H,9-10H2. The molecule has 1 N–H and O–H groups in total. The van der Waals surface area contributed by atoms with E-state index in [1.54, 1.807) is 23.9 Å². The molecule has 0 amide bonds. The van der Waals surface area contributed by atoms with Gasteiger partial charge in [0, 0.05) is 27.9 Å². The largest absolute Gasteiger partial charge is 0.384 e. The van der Waals surface area contributed by atoms with Crippen LogP contribution in [0.3, 0.4) is 0 Å². The molecule has 0 atom stereocenters. The third-order valence-electron chi connectivity index (χ3n) is 2.36. The summed E-state index contributed by atoms with van der Waals surface area (Å²) in [4.78, 5) is 1.19. The molecular formula is C14H13ClFNS. The molecule has 18 heavy (non-hydrogen) atoms. The molecule has 0 heterocycles. The number of nitrogens with one attached hydrogen (secondary N) is 1. The number of hydrogen-bond donors (Lipinski definition) is 1. The zero-order valence-corrected chi connectivity index (χ0v) is 11.3. The number of thioether (sulfide) groups is 1. The van der Waals surface area contributed by atoms with Crippen LogP contribution in [0.2, 0.25) is 5.02 Å². The van der Waals surface area contributed by atoms with Gasteiger partial charge in [0.15, 0.2) is 0 Å². The summed E-state index contributed by atoms with van der Waals surface area (Å²) in [5.74, 6) is 0.732. The van der Waals surface area contributed by atoms with Crippen LogP contribution >= 0.6 is 23.4 Å². The first kappa shape index (κ1) is 13.2. The van der Waals surface area contributed by atoms with Crippen LogP contribution in [0.4, 0.5) is 10.1 Å². The van der Waals surface area contributed by atoms with Gasteiger partial charge in [0.05, 0.1) is 0 Å². The predicted octanol–water partition coefficient (Wildman–Crippen LogP) is 4.68. The molecule has 0 unspecified atom stereocenters. The van der Waals surface area contributed by atoms with E-state index in [9.17, 15) is 4.39 Å². The van der Waals surface area contributed by atoms with Gasteiger partial charge in [-0.2, -0.15) is 0 Å². The Balaban J connectivity index is 1.73. The van der Waals surface area contributed by atoms with E-state index < -0.39 is 0 Å². The van der Waals surface area contributed by atoms with Gasteiger partial charge in [-0.1, -0.05) is 11.6 Å². The molecule has 0 aromatic heterocycles. The number of hydrogen-bond acceptors (Lipinski definition) is 2. The minimum atomic E-state index is -0.212. The smallest absolute Gasteiger partial charge is 0.123 e. The fraction of sp³-hybridized carbons (Fsp3) is 0.143. The molecule has 0 saturated carbocycles. The monoisotopic (exact) mass is 281 g/mol. The van der Waals surface area contributed by atoms with E-state index in [1.165, 1.54) is 17.0 Å². The quantitative estimate of drug-likeness (QED) is 0.631. The highest BCUT2D eigenvalue weighted by Gasteiger charge is 1.95. The molecule has 2 aromatic carbocycles. The van der Waals surface area contributed by atoms with Gasteiger partial charge < -0.3 is 5.32 Å². The van der Waals surface area contributed by atoms with Crippen LogP contribution < -0.4 is 5.32 Å². The van der Waals surface area contributed by atoms with Crippen molar-refractivity contribution in [2.45, 2.75) is 4.90 Å². The first-order chi connectivity index (χ1) is 8.74. The van der Waals surface area contributed by atoms with Crippen LogP contribution in [0.5, 0.6) is 0 Å². The summed E-state index contributed by atoms with van der Waals surface area (Å²) >= 11 is 7.57. The van der Waals surface area contributed by atoms with Crippen LogP contribution in [0.25, 0.3) is 0 Å². The van der Waals surface area contributed by atoms with Crippen molar-refractivity contribution in [3.63, 3.8) is 0 Å².